The Hall–Kier alpha value is -2.21. The first kappa shape index (κ1) is 17.6. The lowest BCUT2D eigenvalue weighted by atomic mass is 9.87. The Kier molecular flexibility index (Phi) is 4.64. The van der Waals surface area contributed by atoms with E-state index in [0.29, 0.717) is 30.3 Å². The highest BCUT2D eigenvalue weighted by Crippen LogP contribution is 2.30. The maximum Gasteiger partial charge on any atom is 0.261 e. The number of rotatable bonds is 3. The molecule has 1 saturated heterocycles. The van der Waals surface area contributed by atoms with E-state index in [9.17, 15) is 14.7 Å². The third-order valence-electron chi connectivity index (χ3n) is 5.46. The summed E-state index contributed by atoms with van der Waals surface area (Å²) in [5.41, 5.74) is 0.546. The molecule has 6 heteroatoms. The van der Waals surface area contributed by atoms with E-state index in [1.807, 2.05) is 32.9 Å². The molecule has 1 aromatic carbocycles. The molecule has 6 nitrogen and oxygen atoms in total. The molecule has 0 aliphatic carbocycles. The molecule has 3 rings (SSSR count). The molecular weight excluding hydrogens is 318 g/mol. The number of hydrogen-bond acceptors (Lipinski definition) is 4. The van der Waals surface area contributed by atoms with Crippen LogP contribution < -0.4 is 5.56 Å². The zero-order valence-corrected chi connectivity index (χ0v) is 15.0. The van der Waals surface area contributed by atoms with E-state index in [4.69, 9.17) is 0 Å². The molecule has 1 aliphatic heterocycles. The summed E-state index contributed by atoms with van der Waals surface area (Å²) in [6.45, 7) is 6.66. The van der Waals surface area contributed by atoms with Crippen LogP contribution in [0.15, 0.2) is 29.3 Å². The minimum Gasteiger partial charge on any atom is -0.388 e. The molecule has 1 aromatic heterocycles. The Morgan fingerprint density at radius 2 is 2.16 bits per heavy atom. The number of nitrogens with zero attached hydrogens (tertiary/aromatic N) is 3. The maximum atomic E-state index is 12.8. The van der Waals surface area contributed by atoms with E-state index in [1.165, 1.54) is 10.9 Å². The van der Waals surface area contributed by atoms with Crippen LogP contribution in [0.5, 0.6) is 0 Å². The van der Waals surface area contributed by atoms with Crippen molar-refractivity contribution < 1.29 is 9.90 Å². The Balaban J connectivity index is 1.92. The number of carbonyl (C=O) groups is 1. The maximum absolute atomic E-state index is 12.8. The van der Waals surface area contributed by atoms with Gasteiger partial charge in [-0.2, -0.15) is 0 Å². The molecule has 1 amide bonds. The number of aromatic nitrogens is 2. The summed E-state index contributed by atoms with van der Waals surface area (Å²) in [4.78, 5) is 30.1. The second-order valence-electron chi connectivity index (χ2n) is 7.44. The summed E-state index contributed by atoms with van der Waals surface area (Å²) in [6, 6.07) is 5.63. The summed E-state index contributed by atoms with van der Waals surface area (Å²) in [5.74, 6) is 0.143. The first-order valence-electron chi connectivity index (χ1n) is 8.72. The first-order valence-corrected chi connectivity index (χ1v) is 8.72. The SMILES string of the molecule is Cc1ccc2c(=O)n(CC3(O)CCN(C=O)C(C)C(C)C3)cnc2c1. The van der Waals surface area contributed by atoms with Crippen LogP contribution in [0.4, 0.5) is 0 Å². The topological polar surface area (TPSA) is 75.4 Å². The molecule has 3 atom stereocenters. The highest BCUT2D eigenvalue weighted by Gasteiger charge is 2.37. The Morgan fingerprint density at radius 3 is 2.88 bits per heavy atom. The third-order valence-corrected chi connectivity index (χ3v) is 5.46. The third kappa shape index (κ3) is 3.44. The normalized spacial score (nSPS) is 27.3. The predicted molar refractivity (Wildman–Crippen MR) is 96.3 cm³/mol. The largest absolute Gasteiger partial charge is 0.388 e. The standard InChI is InChI=1S/C19H25N3O3/c1-13-4-5-16-17(8-13)20-11-22(18(16)24)10-19(25)6-7-21(12-23)15(3)14(2)9-19/h4-5,8,11-12,14-15,25H,6-7,9-10H2,1-3H3. The summed E-state index contributed by atoms with van der Waals surface area (Å²) >= 11 is 0. The van der Waals surface area contributed by atoms with E-state index >= 15 is 0 Å². The van der Waals surface area contributed by atoms with Gasteiger partial charge in [-0.1, -0.05) is 13.0 Å². The molecule has 0 saturated carbocycles. The average molecular weight is 343 g/mol. The van der Waals surface area contributed by atoms with Crippen molar-refractivity contribution in [2.24, 2.45) is 5.92 Å². The van der Waals surface area contributed by atoms with Crippen LogP contribution in [0.1, 0.15) is 32.3 Å². The fourth-order valence-electron chi connectivity index (χ4n) is 3.73. The van der Waals surface area contributed by atoms with Gasteiger partial charge in [0.05, 0.1) is 29.4 Å². The van der Waals surface area contributed by atoms with Crippen LogP contribution in [0, 0.1) is 12.8 Å². The molecule has 0 spiro atoms. The molecular formula is C19H25N3O3. The van der Waals surface area contributed by atoms with Gasteiger partial charge >= 0.3 is 0 Å². The van der Waals surface area contributed by atoms with E-state index in [-0.39, 0.29) is 24.1 Å². The van der Waals surface area contributed by atoms with Crippen LogP contribution in [0.2, 0.25) is 0 Å². The number of hydrogen-bond donors (Lipinski definition) is 1. The number of amides is 1. The van der Waals surface area contributed by atoms with Crippen LogP contribution in [0.25, 0.3) is 10.9 Å². The van der Waals surface area contributed by atoms with Crippen LogP contribution in [-0.4, -0.2) is 44.2 Å². The monoisotopic (exact) mass is 343 g/mol. The van der Waals surface area contributed by atoms with Crippen molar-refractivity contribution >= 4 is 17.3 Å². The van der Waals surface area contributed by atoms with Crippen molar-refractivity contribution in [1.82, 2.24) is 14.5 Å². The van der Waals surface area contributed by atoms with E-state index in [1.54, 1.807) is 11.0 Å². The predicted octanol–water partition coefficient (Wildman–Crippen LogP) is 1.71. The van der Waals surface area contributed by atoms with Crippen molar-refractivity contribution in [3.63, 3.8) is 0 Å². The van der Waals surface area contributed by atoms with Gasteiger partial charge in [-0.3, -0.25) is 14.2 Å². The second kappa shape index (κ2) is 6.59. The number of fused-ring (bicyclic) bond motifs is 1. The summed E-state index contributed by atoms with van der Waals surface area (Å²) in [6.07, 6.45) is 3.34. The van der Waals surface area contributed by atoms with Crippen LogP contribution >= 0.6 is 0 Å². The molecule has 0 bridgehead atoms. The highest BCUT2D eigenvalue weighted by molar-refractivity contribution is 5.77. The van der Waals surface area contributed by atoms with Gasteiger partial charge < -0.3 is 10.0 Å². The molecule has 25 heavy (non-hydrogen) atoms. The fraction of sp³-hybridized carbons (Fsp3) is 0.526. The molecule has 134 valence electrons. The van der Waals surface area contributed by atoms with E-state index in [0.717, 1.165) is 12.0 Å². The molecule has 3 unspecified atom stereocenters. The van der Waals surface area contributed by atoms with Crippen LogP contribution in [0.3, 0.4) is 0 Å². The number of carbonyl (C=O) groups excluding carboxylic acids is 1. The van der Waals surface area contributed by atoms with E-state index < -0.39 is 5.60 Å². The zero-order chi connectivity index (χ0) is 18.2. The summed E-state index contributed by atoms with van der Waals surface area (Å²) in [5, 5.41) is 11.7. The molecule has 2 heterocycles. The van der Waals surface area contributed by atoms with Crippen molar-refractivity contribution in [1.29, 1.82) is 0 Å². The van der Waals surface area contributed by atoms with Crippen molar-refractivity contribution in [3.05, 3.63) is 40.4 Å². The minimum absolute atomic E-state index is 0.0703. The number of benzene rings is 1. The second-order valence-corrected chi connectivity index (χ2v) is 7.44. The molecule has 1 fully saturated rings. The van der Waals surface area contributed by atoms with Crippen molar-refractivity contribution in [2.75, 3.05) is 6.54 Å². The number of aliphatic hydroxyl groups is 1. The summed E-state index contributed by atoms with van der Waals surface area (Å²) in [7, 11) is 0. The average Bonchev–Trinajstić information content (AvgIpc) is 2.67. The van der Waals surface area contributed by atoms with Crippen molar-refractivity contribution in [2.45, 2.75) is 51.8 Å². The Bertz CT molecular complexity index is 847. The smallest absolute Gasteiger partial charge is 0.261 e. The van der Waals surface area contributed by atoms with E-state index in [2.05, 4.69) is 4.98 Å². The van der Waals surface area contributed by atoms with Gasteiger partial charge in [-0.25, -0.2) is 4.98 Å². The van der Waals surface area contributed by atoms with Crippen molar-refractivity contribution in [3.8, 4) is 0 Å². The minimum atomic E-state index is -1.03. The van der Waals surface area contributed by atoms with Gasteiger partial charge in [0.1, 0.15) is 0 Å². The van der Waals surface area contributed by atoms with Gasteiger partial charge in [0, 0.05) is 12.6 Å². The Morgan fingerprint density at radius 1 is 1.40 bits per heavy atom. The molecule has 1 aliphatic rings. The fourth-order valence-corrected chi connectivity index (χ4v) is 3.73. The molecule has 1 N–H and O–H groups in total. The van der Waals surface area contributed by atoms with Crippen LogP contribution in [-0.2, 0) is 11.3 Å². The van der Waals surface area contributed by atoms with Gasteiger partial charge in [0.2, 0.25) is 6.41 Å². The molecule has 0 radical (unpaired) electrons. The highest BCUT2D eigenvalue weighted by atomic mass is 16.3. The number of aryl methyl sites for hydroxylation is 1. The van der Waals surface area contributed by atoms with Gasteiger partial charge in [0.25, 0.3) is 5.56 Å². The zero-order valence-electron chi connectivity index (χ0n) is 15.0. The summed E-state index contributed by atoms with van der Waals surface area (Å²) < 4.78 is 1.49. The lowest BCUT2D eigenvalue weighted by Crippen LogP contribution is -2.39. The Labute approximate surface area is 147 Å². The van der Waals surface area contributed by atoms with Gasteiger partial charge in [-0.05, 0) is 50.3 Å². The van der Waals surface area contributed by atoms with Gasteiger partial charge in [0.15, 0.2) is 0 Å². The first-order chi connectivity index (χ1) is 11.8. The quantitative estimate of drug-likeness (QED) is 0.861. The molecule has 2 aromatic rings. The van der Waals surface area contributed by atoms with Gasteiger partial charge in [-0.15, -0.1) is 0 Å². The lowest BCUT2D eigenvalue weighted by molar-refractivity contribution is -0.120. The lowest BCUT2D eigenvalue weighted by Gasteiger charge is -2.29. The number of likely N-dealkylation sites (tertiary alicyclic amines) is 1.